The standard InChI is InChI=1S/C24H26N4O3S/c1-18-7-9-21(10-8-18)27-32(30,31)22-6-4-5-20(16-22)24(29)26-17-19-11-12-25-23(15-19)28-13-2-3-14-28/h4-12,15-16,27H,2-3,13-14,17H2,1H3,(H,26,29). The van der Waals surface area contributed by atoms with Crippen molar-refractivity contribution in [3.63, 3.8) is 0 Å². The predicted molar refractivity (Wildman–Crippen MR) is 125 cm³/mol. The molecule has 0 saturated carbocycles. The molecule has 0 spiro atoms. The van der Waals surface area contributed by atoms with Gasteiger partial charge in [-0.15, -0.1) is 0 Å². The zero-order chi connectivity index (χ0) is 22.6. The lowest BCUT2D eigenvalue weighted by Gasteiger charge is -2.17. The summed E-state index contributed by atoms with van der Waals surface area (Å²) in [5.41, 5.74) is 2.73. The number of hydrogen-bond acceptors (Lipinski definition) is 5. The molecule has 3 aromatic rings. The molecule has 1 fully saturated rings. The smallest absolute Gasteiger partial charge is 0.261 e. The van der Waals surface area contributed by atoms with Crippen molar-refractivity contribution in [2.24, 2.45) is 0 Å². The summed E-state index contributed by atoms with van der Waals surface area (Å²) in [6.07, 6.45) is 4.08. The molecule has 1 aliphatic rings. The van der Waals surface area contributed by atoms with Crippen LogP contribution in [0.4, 0.5) is 11.5 Å². The van der Waals surface area contributed by atoms with Crippen LogP contribution < -0.4 is 14.9 Å². The van der Waals surface area contributed by atoms with Crippen molar-refractivity contribution in [1.82, 2.24) is 10.3 Å². The molecule has 4 rings (SSSR count). The molecule has 0 atom stereocenters. The van der Waals surface area contributed by atoms with Gasteiger partial charge in [0.2, 0.25) is 0 Å². The van der Waals surface area contributed by atoms with Gasteiger partial charge in [-0.3, -0.25) is 9.52 Å². The summed E-state index contributed by atoms with van der Waals surface area (Å²) < 4.78 is 28.0. The van der Waals surface area contributed by atoms with Crippen LogP contribution >= 0.6 is 0 Å². The highest BCUT2D eigenvalue weighted by Crippen LogP contribution is 2.20. The molecule has 1 saturated heterocycles. The number of sulfonamides is 1. The highest BCUT2D eigenvalue weighted by molar-refractivity contribution is 7.92. The van der Waals surface area contributed by atoms with E-state index in [9.17, 15) is 13.2 Å². The van der Waals surface area contributed by atoms with Crippen LogP contribution in [0.25, 0.3) is 0 Å². The summed E-state index contributed by atoms with van der Waals surface area (Å²) in [5.74, 6) is 0.585. The van der Waals surface area contributed by atoms with E-state index in [0.717, 1.165) is 30.0 Å². The number of anilines is 2. The molecule has 0 aliphatic carbocycles. The third-order valence-corrected chi connectivity index (χ3v) is 6.78. The topological polar surface area (TPSA) is 91.4 Å². The largest absolute Gasteiger partial charge is 0.357 e. The molecule has 8 heteroatoms. The predicted octanol–water partition coefficient (Wildman–Crippen LogP) is 3.72. The zero-order valence-corrected chi connectivity index (χ0v) is 18.7. The highest BCUT2D eigenvalue weighted by Gasteiger charge is 2.17. The maximum Gasteiger partial charge on any atom is 0.261 e. The number of benzene rings is 2. The van der Waals surface area contributed by atoms with Gasteiger partial charge in [-0.2, -0.15) is 0 Å². The molecule has 0 bridgehead atoms. The van der Waals surface area contributed by atoms with Crippen LogP contribution in [-0.4, -0.2) is 32.4 Å². The normalized spacial score (nSPS) is 13.7. The van der Waals surface area contributed by atoms with Gasteiger partial charge in [0.25, 0.3) is 15.9 Å². The van der Waals surface area contributed by atoms with Gasteiger partial charge in [0, 0.05) is 37.1 Å². The number of rotatable bonds is 7. The van der Waals surface area contributed by atoms with Crippen LogP contribution in [0.3, 0.4) is 0 Å². The second-order valence-corrected chi connectivity index (χ2v) is 9.58. The third kappa shape index (κ3) is 5.26. The lowest BCUT2D eigenvalue weighted by Crippen LogP contribution is -2.24. The number of pyridine rings is 1. The molecule has 0 unspecified atom stereocenters. The van der Waals surface area contributed by atoms with Crippen molar-refractivity contribution in [2.45, 2.75) is 31.2 Å². The Morgan fingerprint density at radius 3 is 2.53 bits per heavy atom. The average molecular weight is 451 g/mol. The van der Waals surface area contributed by atoms with Gasteiger partial charge in [-0.05, 0) is 67.8 Å². The van der Waals surface area contributed by atoms with E-state index in [0.29, 0.717) is 12.2 Å². The van der Waals surface area contributed by atoms with Gasteiger partial charge in [-0.1, -0.05) is 23.8 Å². The first-order valence-corrected chi connectivity index (χ1v) is 12.1. The van der Waals surface area contributed by atoms with Crippen LogP contribution in [0, 0.1) is 6.92 Å². The minimum atomic E-state index is -3.81. The average Bonchev–Trinajstić information content (AvgIpc) is 3.34. The summed E-state index contributed by atoms with van der Waals surface area (Å²) in [6, 6.07) is 16.9. The first kappa shape index (κ1) is 21.8. The fourth-order valence-electron chi connectivity index (χ4n) is 3.61. The Labute approximate surface area is 188 Å². The van der Waals surface area contributed by atoms with Crippen molar-refractivity contribution in [2.75, 3.05) is 22.7 Å². The number of amides is 1. The number of carbonyl (C=O) groups is 1. The van der Waals surface area contributed by atoms with E-state index in [1.807, 2.05) is 31.2 Å². The Hall–Kier alpha value is -3.39. The molecule has 0 radical (unpaired) electrons. The van der Waals surface area contributed by atoms with E-state index in [-0.39, 0.29) is 16.4 Å². The van der Waals surface area contributed by atoms with Gasteiger partial charge in [0.1, 0.15) is 5.82 Å². The van der Waals surface area contributed by atoms with Crippen molar-refractivity contribution in [3.8, 4) is 0 Å². The van der Waals surface area contributed by atoms with Crippen LogP contribution in [0.15, 0.2) is 71.8 Å². The molecular weight excluding hydrogens is 424 g/mol. The number of hydrogen-bond donors (Lipinski definition) is 2. The molecule has 1 aromatic heterocycles. The summed E-state index contributed by atoms with van der Waals surface area (Å²) in [5, 5.41) is 2.87. The second kappa shape index (κ2) is 9.40. The fraction of sp³-hybridized carbons (Fsp3) is 0.250. The van der Waals surface area contributed by atoms with Gasteiger partial charge >= 0.3 is 0 Å². The molecule has 2 aromatic carbocycles. The number of carbonyl (C=O) groups excluding carboxylic acids is 1. The van der Waals surface area contributed by atoms with E-state index in [4.69, 9.17) is 0 Å². The Bertz CT molecular complexity index is 1200. The van der Waals surface area contributed by atoms with Gasteiger partial charge < -0.3 is 10.2 Å². The number of aromatic nitrogens is 1. The number of nitrogens with zero attached hydrogens (tertiary/aromatic N) is 2. The van der Waals surface area contributed by atoms with Crippen molar-refractivity contribution in [3.05, 3.63) is 83.6 Å². The molecule has 1 amide bonds. The lowest BCUT2D eigenvalue weighted by atomic mass is 10.2. The molecule has 32 heavy (non-hydrogen) atoms. The van der Waals surface area contributed by atoms with Crippen molar-refractivity contribution < 1.29 is 13.2 Å². The first-order valence-electron chi connectivity index (χ1n) is 10.6. The highest BCUT2D eigenvalue weighted by atomic mass is 32.2. The monoisotopic (exact) mass is 450 g/mol. The van der Waals surface area contributed by atoms with E-state index in [1.54, 1.807) is 30.5 Å². The minimum absolute atomic E-state index is 0.0333. The third-order valence-electron chi connectivity index (χ3n) is 5.40. The summed E-state index contributed by atoms with van der Waals surface area (Å²) in [6.45, 7) is 4.27. The SMILES string of the molecule is Cc1ccc(NS(=O)(=O)c2cccc(C(=O)NCc3ccnc(N4CCCC4)c3)c2)cc1. The zero-order valence-electron chi connectivity index (χ0n) is 17.9. The fourth-order valence-corrected chi connectivity index (χ4v) is 4.72. The number of nitrogens with one attached hydrogen (secondary N) is 2. The number of aryl methyl sites for hydroxylation is 1. The quantitative estimate of drug-likeness (QED) is 0.572. The molecule has 7 nitrogen and oxygen atoms in total. The summed E-state index contributed by atoms with van der Waals surface area (Å²) in [4.78, 5) is 19.4. The van der Waals surface area contributed by atoms with E-state index >= 15 is 0 Å². The molecule has 2 heterocycles. The molecular formula is C24H26N4O3S. The van der Waals surface area contributed by atoms with Crippen molar-refractivity contribution >= 4 is 27.4 Å². The molecule has 1 aliphatic heterocycles. The Morgan fingerprint density at radius 2 is 1.78 bits per heavy atom. The van der Waals surface area contributed by atoms with Crippen LogP contribution in [0.1, 0.15) is 34.3 Å². The maximum absolute atomic E-state index is 12.7. The van der Waals surface area contributed by atoms with Gasteiger partial charge in [-0.25, -0.2) is 13.4 Å². The van der Waals surface area contributed by atoms with Crippen LogP contribution in [0.5, 0.6) is 0 Å². The molecule has 166 valence electrons. The van der Waals surface area contributed by atoms with E-state index < -0.39 is 10.0 Å². The van der Waals surface area contributed by atoms with Crippen molar-refractivity contribution in [1.29, 1.82) is 0 Å². The van der Waals surface area contributed by atoms with Gasteiger partial charge in [0.15, 0.2) is 0 Å². The van der Waals surface area contributed by atoms with Crippen LogP contribution in [0.2, 0.25) is 0 Å². The Balaban J connectivity index is 1.43. The van der Waals surface area contributed by atoms with E-state index in [1.165, 1.54) is 25.0 Å². The maximum atomic E-state index is 12.7. The summed E-state index contributed by atoms with van der Waals surface area (Å²) in [7, 11) is -3.81. The Kier molecular flexibility index (Phi) is 6.41. The second-order valence-electron chi connectivity index (χ2n) is 7.90. The van der Waals surface area contributed by atoms with Crippen LogP contribution in [-0.2, 0) is 16.6 Å². The minimum Gasteiger partial charge on any atom is -0.357 e. The first-order chi connectivity index (χ1) is 15.4. The summed E-state index contributed by atoms with van der Waals surface area (Å²) >= 11 is 0. The molecule has 2 N–H and O–H groups in total. The lowest BCUT2D eigenvalue weighted by molar-refractivity contribution is 0.0950. The van der Waals surface area contributed by atoms with Gasteiger partial charge in [0.05, 0.1) is 4.90 Å². The van der Waals surface area contributed by atoms with E-state index in [2.05, 4.69) is 19.9 Å². The Morgan fingerprint density at radius 1 is 1.03 bits per heavy atom.